The van der Waals surface area contributed by atoms with Crippen LogP contribution in [0.15, 0.2) is 35.3 Å². The van der Waals surface area contributed by atoms with Gasteiger partial charge >= 0.3 is 0 Å². The van der Waals surface area contributed by atoms with Crippen molar-refractivity contribution in [3.05, 3.63) is 35.9 Å². The molecule has 1 fully saturated rings. The maximum absolute atomic E-state index is 4.32. The predicted molar refractivity (Wildman–Crippen MR) is 102 cm³/mol. The molecule has 1 aliphatic rings. The van der Waals surface area contributed by atoms with E-state index in [9.17, 15) is 0 Å². The van der Waals surface area contributed by atoms with E-state index in [1.165, 1.54) is 38.3 Å². The number of piperazine rings is 1. The van der Waals surface area contributed by atoms with Gasteiger partial charge in [0.2, 0.25) is 0 Å². The zero-order valence-electron chi connectivity index (χ0n) is 15.5. The van der Waals surface area contributed by atoms with Crippen molar-refractivity contribution >= 4 is 5.96 Å². The van der Waals surface area contributed by atoms with Crippen LogP contribution in [0.4, 0.5) is 0 Å². The molecule has 5 heteroatoms. The van der Waals surface area contributed by atoms with E-state index in [2.05, 4.69) is 63.5 Å². The van der Waals surface area contributed by atoms with Gasteiger partial charge in [-0.2, -0.15) is 0 Å². The summed E-state index contributed by atoms with van der Waals surface area (Å²) in [6.45, 7) is 13.4. The smallest absolute Gasteiger partial charge is 0.191 e. The Hall–Kier alpha value is -1.59. The zero-order valence-corrected chi connectivity index (χ0v) is 15.5. The van der Waals surface area contributed by atoms with Crippen LogP contribution in [0.25, 0.3) is 0 Å². The number of benzene rings is 1. The second kappa shape index (κ2) is 10.3. The SMILES string of the molecule is CCN1CCN(CC(C)CNC(=NC)NCc2ccccc2)CC1. The Kier molecular flexibility index (Phi) is 8.05. The molecule has 2 N–H and O–H groups in total. The molecule has 0 saturated carbocycles. The summed E-state index contributed by atoms with van der Waals surface area (Å²) in [5, 5.41) is 6.83. The van der Waals surface area contributed by atoms with Crippen molar-refractivity contribution in [3.63, 3.8) is 0 Å². The lowest BCUT2D eigenvalue weighted by molar-refractivity contribution is 0.124. The fourth-order valence-corrected chi connectivity index (χ4v) is 3.07. The molecule has 1 aliphatic heterocycles. The molecule has 0 aromatic heterocycles. The van der Waals surface area contributed by atoms with Crippen LogP contribution in [0, 0.1) is 5.92 Å². The highest BCUT2D eigenvalue weighted by Gasteiger charge is 2.17. The monoisotopic (exact) mass is 331 g/mol. The maximum Gasteiger partial charge on any atom is 0.191 e. The van der Waals surface area contributed by atoms with Gasteiger partial charge in [-0.15, -0.1) is 0 Å². The van der Waals surface area contributed by atoms with E-state index in [0.29, 0.717) is 5.92 Å². The summed E-state index contributed by atoms with van der Waals surface area (Å²) in [6, 6.07) is 10.4. The first-order chi connectivity index (χ1) is 11.7. The highest BCUT2D eigenvalue weighted by molar-refractivity contribution is 5.79. The van der Waals surface area contributed by atoms with E-state index in [-0.39, 0.29) is 0 Å². The van der Waals surface area contributed by atoms with Gasteiger partial charge in [0.15, 0.2) is 5.96 Å². The highest BCUT2D eigenvalue weighted by atomic mass is 15.3. The molecule has 0 spiro atoms. The molecule has 1 heterocycles. The quantitative estimate of drug-likeness (QED) is 0.589. The number of hydrogen-bond donors (Lipinski definition) is 2. The lowest BCUT2D eigenvalue weighted by Gasteiger charge is -2.35. The lowest BCUT2D eigenvalue weighted by Crippen LogP contribution is -2.48. The van der Waals surface area contributed by atoms with Gasteiger partial charge in [0.05, 0.1) is 0 Å². The Morgan fingerprint density at radius 3 is 2.38 bits per heavy atom. The van der Waals surface area contributed by atoms with Crippen LogP contribution in [0.1, 0.15) is 19.4 Å². The Balaban J connectivity index is 1.65. The summed E-state index contributed by atoms with van der Waals surface area (Å²) in [4.78, 5) is 9.42. The fourth-order valence-electron chi connectivity index (χ4n) is 3.07. The maximum atomic E-state index is 4.32. The van der Waals surface area contributed by atoms with E-state index < -0.39 is 0 Å². The van der Waals surface area contributed by atoms with Crippen LogP contribution in [0.2, 0.25) is 0 Å². The number of rotatable bonds is 7. The third-order valence-corrected chi connectivity index (χ3v) is 4.63. The minimum atomic E-state index is 0.605. The molecule has 0 bridgehead atoms. The van der Waals surface area contributed by atoms with Crippen molar-refractivity contribution in [3.8, 4) is 0 Å². The summed E-state index contributed by atoms with van der Waals surface area (Å²) in [5.41, 5.74) is 1.27. The number of aliphatic imine (C=N–C) groups is 1. The molecule has 0 aliphatic carbocycles. The van der Waals surface area contributed by atoms with Crippen LogP contribution in [0.5, 0.6) is 0 Å². The van der Waals surface area contributed by atoms with Gasteiger partial charge in [-0.25, -0.2) is 0 Å². The summed E-state index contributed by atoms with van der Waals surface area (Å²) in [7, 11) is 1.83. The summed E-state index contributed by atoms with van der Waals surface area (Å²) >= 11 is 0. The summed E-state index contributed by atoms with van der Waals surface area (Å²) < 4.78 is 0. The van der Waals surface area contributed by atoms with Crippen molar-refractivity contribution in [2.45, 2.75) is 20.4 Å². The molecule has 1 saturated heterocycles. The van der Waals surface area contributed by atoms with Crippen LogP contribution in [-0.2, 0) is 6.54 Å². The first kappa shape index (κ1) is 18.7. The summed E-state index contributed by atoms with van der Waals surface area (Å²) in [6.07, 6.45) is 0. The molecular formula is C19H33N5. The fraction of sp³-hybridized carbons (Fsp3) is 0.632. The van der Waals surface area contributed by atoms with Crippen LogP contribution in [0.3, 0.4) is 0 Å². The second-order valence-corrected chi connectivity index (χ2v) is 6.63. The molecule has 0 amide bonds. The van der Waals surface area contributed by atoms with Crippen molar-refractivity contribution in [1.82, 2.24) is 20.4 Å². The highest BCUT2D eigenvalue weighted by Crippen LogP contribution is 2.05. The molecule has 0 radical (unpaired) electrons. The molecule has 1 aromatic carbocycles. The number of likely N-dealkylation sites (N-methyl/N-ethyl adjacent to an activating group) is 1. The van der Waals surface area contributed by atoms with E-state index >= 15 is 0 Å². The first-order valence-electron chi connectivity index (χ1n) is 9.14. The molecular weight excluding hydrogens is 298 g/mol. The summed E-state index contributed by atoms with van der Waals surface area (Å²) in [5.74, 6) is 1.48. The molecule has 1 unspecified atom stereocenters. The van der Waals surface area contributed by atoms with Crippen LogP contribution < -0.4 is 10.6 Å². The average molecular weight is 332 g/mol. The molecule has 134 valence electrons. The van der Waals surface area contributed by atoms with Crippen molar-refractivity contribution in [2.75, 3.05) is 52.9 Å². The third-order valence-electron chi connectivity index (χ3n) is 4.63. The lowest BCUT2D eigenvalue weighted by atomic mass is 10.1. The van der Waals surface area contributed by atoms with E-state index in [1.54, 1.807) is 0 Å². The molecule has 5 nitrogen and oxygen atoms in total. The molecule has 1 aromatic rings. The Morgan fingerprint density at radius 1 is 1.08 bits per heavy atom. The van der Waals surface area contributed by atoms with Gasteiger partial charge in [0.25, 0.3) is 0 Å². The Bertz CT molecular complexity index is 480. The number of guanidine groups is 1. The largest absolute Gasteiger partial charge is 0.356 e. The van der Waals surface area contributed by atoms with Gasteiger partial charge < -0.3 is 20.4 Å². The van der Waals surface area contributed by atoms with E-state index in [0.717, 1.165) is 25.6 Å². The number of nitrogens with zero attached hydrogens (tertiary/aromatic N) is 3. The van der Waals surface area contributed by atoms with Crippen molar-refractivity contribution < 1.29 is 0 Å². The average Bonchev–Trinajstić information content (AvgIpc) is 2.63. The van der Waals surface area contributed by atoms with Gasteiger partial charge in [-0.05, 0) is 18.0 Å². The van der Waals surface area contributed by atoms with E-state index in [1.807, 2.05) is 13.1 Å². The number of nitrogens with one attached hydrogen (secondary N) is 2. The zero-order chi connectivity index (χ0) is 17.2. The van der Waals surface area contributed by atoms with E-state index in [4.69, 9.17) is 0 Å². The van der Waals surface area contributed by atoms with Gasteiger partial charge in [0, 0.05) is 52.9 Å². The predicted octanol–water partition coefficient (Wildman–Crippen LogP) is 1.63. The van der Waals surface area contributed by atoms with Gasteiger partial charge in [-0.1, -0.05) is 44.2 Å². The van der Waals surface area contributed by atoms with Gasteiger partial charge in [0.1, 0.15) is 0 Å². The first-order valence-corrected chi connectivity index (χ1v) is 9.14. The van der Waals surface area contributed by atoms with Crippen molar-refractivity contribution in [1.29, 1.82) is 0 Å². The molecule has 24 heavy (non-hydrogen) atoms. The van der Waals surface area contributed by atoms with Crippen LogP contribution >= 0.6 is 0 Å². The Labute approximate surface area is 147 Å². The Morgan fingerprint density at radius 2 is 1.75 bits per heavy atom. The standard InChI is InChI=1S/C19H33N5/c1-4-23-10-12-24(13-11-23)16-17(2)14-21-19(20-3)22-15-18-8-6-5-7-9-18/h5-9,17H,4,10-16H2,1-3H3,(H2,20,21,22). The number of hydrogen-bond acceptors (Lipinski definition) is 3. The van der Waals surface area contributed by atoms with Crippen molar-refractivity contribution in [2.24, 2.45) is 10.9 Å². The molecule has 1 atom stereocenters. The third kappa shape index (κ3) is 6.49. The minimum absolute atomic E-state index is 0.605. The topological polar surface area (TPSA) is 42.9 Å². The van der Waals surface area contributed by atoms with Crippen LogP contribution in [-0.4, -0.2) is 68.6 Å². The van der Waals surface area contributed by atoms with Gasteiger partial charge in [-0.3, -0.25) is 4.99 Å². The second-order valence-electron chi connectivity index (χ2n) is 6.63. The normalized spacial score (nSPS) is 18.4. The molecule has 2 rings (SSSR count). The minimum Gasteiger partial charge on any atom is -0.356 e.